The first-order valence-corrected chi connectivity index (χ1v) is 24.5. The molecule has 0 unspecified atom stereocenters. The summed E-state index contributed by atoms with van der Waals surface area (Å²) in [4.78, 5) is 2.44. The molecule has 11 aromatic carbocycles. The molecule has 0 fully saturated rings. The van der Waals surface area contributed by atoms with Crippen molar-refractivity contribution in [3.63, 3.8) is 0 Å². The highest BCUT2D eigenvalue weighted by Gasteiger charge is 2.29. The summed E-state index contributed by atoms with van der Waals surface area (Å²) in [6.07, 6.45) is 0. The normalized spacial score (nSPS) is 12.5. The van der Waals surface area contributed by atoms with Crippen molar-refractivity contribution >= 4 is 137 Å². The topological polar surface area (TPSA) is 21.9 Å². The molecule has 0 spiro atoms. The SMILES string of the molecule is c1ccc(N(c2ccccc2)c2ccc3c4cc5c(cc4n4c3c2c2ccc3c(c6ccccc6n3-c3ccccc3)c24)c2cccc3c4ccc6c(c7ccccc7n6-c6ccccc6)c4n5c23)cc1. The molecule has 0 saturated carbocycles. The van der Waals surface area contributed by atoms with Crippen molar-refractivity contribution in [1.29, 1.82) is 0 Å². The minimum atomic E-state index is 1.12. The van der Waals surface area contributed by atoms with Crippen LogP contribution < -0.4 is 4.90 Å². The van der Waals surface area contributed by atoms with Crippen LogP contribution in [0, 0.1) is 0 Å². The third kappa shape index (κ3) is 4.70. The van der Waals surface area contributed by atoms with Crippen LogP contribution in [0.25, 0.3) is 131 Å². The van der Waals surface area contributed by atoms with Gasteiger partial charge in [0.1, 0.15) is 0 Å². The molecule has 0 aliphatic heterocycles. The van der Waals surface area contributed by atoms with Gasteiger partial charge in [0.15, 0.2) is 0 Å². The fourth-order valence-corrected chi connectivity index (χ4v) is 13.0. The molecule has 0 atom stereocenters. The van der Waals surface area contributed by atoms with E-state index in [4.69, 9.17) is 0 Å². The summed E-state index contributed by atoms with van der Waals surface area (Å²) in [6.45, 7) is 0. The third-order valence-corrected chi connectivity index (χ3v) is 15.7. The number of nitrogens with zero attached hydrogens (tertiary/aromatic N) is 5. The van der Waals surface area contributed by atoms with Crippen molar-refractivity contribution in [1.82, 2.24) is 17.9 Å². The predicted molar refractivity (Wildman–Crippen MR) is 299 cm³/mol. The van der Waals surface area contributed by atoms with Gasteiger partial charge in [-0.1, -0.05) is 140 Å². The number of hydrogen-bond acceptors (Lipinski definition) is 1. The Hall–Kier alpha value is -9.58. The summed E-state index contributed by atoms with van der Waals surface area (Å²) < 4.78 is 10.1. The summed E-state index contributed by atoms with van der Waals surface area (Å²) in [5.41, 5.74) is 17.9. The number of anilines is 3. The zero-order valence-electron chi connectivity index (χ0n) is 38.3. The number of fused-ring (bicyclic) bond motifs is 20. The maximum absolute atomic E-state index is 2.63. The highest BCUT2D eigenvalue weighted by Crippen LogP contribution is 2.52. The van der Waals surface area contributed by atoms with E-state index in [-0.39, 0.29) is 0 Å². The van der Waals surface area contributed by atoms with E-state index in [2.05, 4.69) is 259 Å². The van der Waals surface area contributed by atoms with E-state index in [0.717, 1.165) is 28.4 Å². The van der Waals surface area contributed by atoms with Gasteiger partial charge in [-0.05, 0) is 97.1 Å². The Morgan fingerprint density at radius 1 is 0.239 bits per heavy atom. The van der Waals surface area contributed by atoms with Crippen LogP contribution in [-0.4, -0.2) is 17.9 Å². The second-order valence-electron chi connectivity index (χ2n) is 19.2. The number of para-hydroxylation sites is 7. The van der Waals surface area contributed by atoms with E-state index in [0.29, 0.717) is 0 Å². The quantitative estimate of drug-likeness (QED) is 0.169. The zero-order chi connectivity index (χ0) is 46.1. The summed E-state index contributed by atoms with van der Waals surface area (Å²) in [7, 11) is 0. The Kier molecular flexibility index (Phi) is 7.15. The highest BCUT2D eigenvalue weighted by molar-refractivity contribution is 6.36. The van der Waals surface area contributed by atoms with E-state index in [1.54, 1.807) is 0 Å². The number of benzene rings is 11. The molecule has 0 N–H and O–H groups in total. The Bertz CT molecular complexity index is 4980. The van der Waals surface area contributed by atoms with Crippen LogP contribution in [0.4, 0.5) is 17.1 Å². The van der Waals surface area contributed by atoms with Crippen LogP contribution in [0.2, 0.25) is 0 Å². The summed E-state index contributed by atoms with van der Waals surface area (Å²) in [6, 6.07) is 87.4. The van der Waals surface area contributed by atoms with Crippen molar-refractivity contribution in [2.45, 2.75) is 0 Å². The van der Waals surface area contributed by atoms with Gasteiger partial charge in [-0.15, -0.1) is 0 Å². The van der Waals surface area contributed by atoms with Gasteiger partial charge in [-0.25, -0.2) is 0 Å². The van der Waals surface area contributed by atoms with Crippen LogP contribution in [0.5, 0.6) is 0 Å². The van der Waals surface area contributed by atoms with Gasteiger partial charge in [0.2, 0.25) is 0 Å². The molecule has 0 radical (unpaired) electrons. The monoisotopic (exact) mass is 901 g/mol. The fraction of sp³-hybridized carbons (Fsp3) is 0. The number of hydrogen-bond donors (Lipinski definition) is 0. The molecule has 0 aliphatic carbocycles. The fourth-order valence-electron chi connectivity index (χ4n) is 13.0. The molecule has 6 heterocycles. The molecule has 6 aromatic heterocycles. The van der Waals surface area contributed by atoms with Gasteiger partial charge >= 0.3 is 0 Å². The molecule has 0 aliphatic rings. The lowest BCUT2D eigenvalue weighted by Crippen LogP contribution is -2.10. The third-order valence-electron chi connectivity index (χ3n) is 15.7. The van der Waals surface area contributed by atoms with Gasteiger partial charge in [0.05, 0.1) is 60.9 Å². The van der Waals surface area contributed by atoms with Gasteiger partial charge in [0.25, 0.3) is 0 Å². The van der Waals surface area contributed by atoms with Crippen LogP contribution in [0.15, 0.2) is 237 Å². The lowest BCUT2D eigenvalue weighted by Gasteiger charge is -2.26. The zero-order valence-corrected chi connectivity index (χ0v) is 38.3. The van der Waals surface area contributed by atoms with E-state index in [1.807, 2.05) is 0 Å². The van der Waals surface area contributed by atoms with Crippen molar-refractivity contribution in [2.75, 3.05) is 4.90 Å². The maximum Gasteiger partial charge on any atom is 0.0642 e. The highest BCUT2D eigenvalue weighted by atomic mass is 15.1. The smallest absolute Gasteiger partial charge is 0.0642 e. The average Bonchev–Trinajstić information content (AvgIpc) is 4.28. The Morgan fingerprint density at radius 2 is 0.634 bits per heavy atom. The van der Waals surface area contributed by atoms with Crippen molar-refractivity contribution in [3.8, 4) is 11.4 Å². The standard InChI is InChI=1S/C66H39N5/c1-5-18-40(19-6-1)67(41-20-7-2-8-21-41)55-35-33-47-52-39-58-51(38-59(52)71-65(47)62(55)50-34-37-57-61(66(50)71)49-27-14-16-31-54(49)69(57)43-24-11-4-12-25-43)45-29-17-28-44-46-32-36-56-60(64(46)70(58)63(44)45)48-26-13-15-30-53(48)68(56)42-22-9-3-10-23-42/h1-39H. The Balaban J connectivity index is 1.07. The predicted octanol–water partition coefficient (Wildman–Crippen LogP) is 17.7. The first-order valence-electron chi connectivity index (χ1n) is 24.5. The minimum absolute atomic E-state index is 1.12. The van der Waals surface area contributed by atoms with E-state index in [9.17, 15) is 0 Å². The molecule has 5 heteroatoms. The Morgan fingerprint density at radius 3 is 1.20 bits per heavy atom. The summed E-state index contributed by atoms with van der Waals surface area (Å²) >= 11 is 0. The van der Waals surface area contributed by atoms with Gasteiger partial charge < -0.3 is 22.8 Å². The van der Waals surface area contributed by atoms with E-state index >= 15 is 0 Å². The van der Waals surface area contributed by atoms with Gasteiger partial charge in [-0.3, -0.25) is 0 Å². The Labute approximate surface area is 405 Å². The number of aromatic nitrogens is 4. The lowest BCUT2D eigenvalue weighted by molar-refractivity contribution is 1.18. The molecule has 328 valence electrons. The minimum Gasteiger partial charge on any atom is -0.310 e. The second-order valence-corrected chi connectivity index (χ2v) is 19.2. The average molecular weight is 902 g/mol. The molecule has 0 amide bonds. The van der Waals surface area contributed by atoms with Gasteiger partial charge in [-0.2, -0.15) is 0 Å². The largest absolute Gasteiger partial charge is 0.310 e. The maximum atomic E-state index is 2.63. The van der Waals surface area contributed by atoms with Crippen molar-refractivity contribution < 1.29 is 0 Å². The van der Waals surface area contributed by atoms with E-state index < -0.39 is 0 Å². The first kappa shape index (κ1) is 37.4. The molecule has 17 aromatic rings. The van der Waals surface area contributed by atoms with Crippen molar-refractivity contribution in [3.05, 3.63) is 237 Å². The molecular weight excluding hydrogens is 863 g/mol. The summed E-state index contributed by atoms with van der Waals surface area (Å²) in [5, 5.41) is 15.1. The molecule has 71 heavy (non-hydrogen) atoms. The van der Waals surface area contributed by atoms with Crippen LogP contribution in [-0.2, 0) is 0 Å². The van der Waals surface area contributed by atoms with Crippen LogP contribution >= 0.6 is 0 Å². The lowest BCUT2D eigenvalue weighted by atomic mass is 10.0. The molecular formula is C66H39N5. The second kappa shape index (κ2) is 13.6. The van der Waals surface area contributed by atoms with Gasteiger partial charge in [0, 0.05) is 87.4 Å². The number of rotatable bonds is 5. The molecule has 17 rings (SSSR count). The molecule has 5 nitrogen and oxygen atoms in total. The first-order chi connectivity index (χ1) is 35.3. The van der Waals surface area contributed by atoms with Crippen LogP contribution in [0.3, 0.4) is 0 Å². The van der Waals surface area contributed by atoms with E-state index in [1.165, 1.54) is 120 Å². The van der Waals surface area contributed by atoms with Crippen molar-refractivity contribution in [2.24, 2.45) is 0 Å². The van der Waals surface area contributed by atoms with Crippen LogP contribution in [0.1, 0.15) is 0 Å². The molecule has 0 saturated heterocycles. The molecule has 0 bridgehead atoms. The summed E-state index contributed by atoms with van der Waals surface area (Å²) in [5.74, 6) is 0.